The van der Waals surface area contributed by atoms with Crippen LogP contribution in [0.4, 0.5) is 0 Å². The smallest absolute Gasteiger partial charge is 0.374 e. The molecule has 6 nitrogen and oxygen atoms in total. The van der Waals surface area contributed by atoms with Crippen molar-refractivity contribution in [1.29, 1.82) is 0 Å². The fourth-order valence-corrected chi connectivity index (χ4v) is 5.06. The Kier molecular flexibility index (Phi) is 6.06. The van der Waals surface area contributed by atoms with Gasteiger partial charge in [0.1, 0.15) is 11.4 Å². The Labute approximate surface area is 198 Å². The Balaban J connectivity index is 1.48. The van der Waals surface area contributed by atoms with Crippen molar-refractivity contribution in [2.24, 2.45) is 0 Å². The molecular formula is C24H22BrN3O3S. The average molecular weight is 512 g/mol. The topological polar surface area (TPSA) is 70.2 Å². The second kappa shape index (κ2) is 9.11. The molecule has 5 rings (SSSR count). The first-order chi connectivity index (χ1) is 15.6. The summed E-state index contributed by atoms with van der Waals surface area (Å²) in [5.74, 6) is 1.86. The van der Waals surface area contributed by atoms with E-state index in [1.54, 1.807) is 18.7 Å². The molecule has 1 saturated carbocycles. The van der Waals surface area contributed by atoms with Crippen LogP contribution in [-0.2, 0) is 17.0 Å². The summed E-state index contributed by atoms with van der Waals surface area (Å²) in [6.45, 7) is 2.81. The van der Waals surface area contributed by atoms with Gasteiger partial charge in [0.15, 0.2) is 5.16 Å². The molecule has 1 aliphatic carbocycles. The minimum absolute atomic E-state index is 0.254. The lowest BCUT2D eigenvalue weighted by atomic mass is 10.1. The number of carbonyl (C=O) groups excluding carboxylic acids is 1. The third-order valence-electron chi connectivity index (χ3n) is 5.43. The number of carbonyl (C=O) groups is 1. The zero-order valence-electron chi connectivity index (χ0n) is 17.6. The van der Waals surface area contributed by atoms with Gasteiger partial charge >= 0.3 is 5.97 Å². The molecule has 8 heteroatoms. The van der Waals surface area contributed by atoms with Crippen LogP contribution in [-0.4, -0.2) is 27.3 Å². The Morgan fingerprint density at radius 1 is 1.22 bits per heavy atom. The van der Waals surface area contributed by atoms with Crippen LogP contribution < -0.4 is 0 Å². The standard InChI is InChI=1S/C24H22BrN3O3S/c1-2-30-23(29)21-19(18-12-17(25)10-11-20(18)31-21)14-32-24-27-26-22(16-8-9-16)28(24)13-15-6-4-3-5-7-15/h3-7,10-12,16H,2,8-9,13-14H2,1H3. The van der Waals surface area contributed by atoms with E-state index in [-0.39, 0.29) is 5.76 Å². The predicted molar refractivity (Wildman–Crippen MR) is 127 cm³/mol. The fraction of sp³-hybridized carbons (Fsp3) is 0.292. The van der Waals surface area contributed by atoms with Crippen molar-refractivity contribution in [2.75, 3.05) is 6.61 Å². The zero-order valence-corrected chi connectivity index (χ0v) is 20.0. The molecule has 0 unspecified atom stereocenters. The monoisotopic (exact) mass is 511 g/mol. The van der Waals surface area contributed by atoms with Gasteiger partial charge in [-0.25, -0.2) is 4.79 Å². The summed E-state index contributed by atoms with van der Waals surface area (Å²) in [6, 6.07) is 16.1. The number of hydrogen-bond acceptors (Lipinski definition) is 6. The molecule has 4 aromatic rings. The molecule has 164 valence electrons. The molecule has 0 aliphatic heterocycles. The number of rotatable bonds is 8. The molecule has 2 aromatic heterocycles. The van der Waals surface area contributed by atoms with Crippen molar-refractivity contribution in [3.8, 4) is 0 Å². The number of thioether (sulfide) groups is 1. The SMILES string of the molecule is CCOC(=O)c1oc2ccc(Br)cc2c1CSc1nnc(C2CC2)n1Cc1ccccc1. The van der Waals surface area contributed by atoms with Crippen molar-refractivity contribution in [3.63, 3.8) is 0 Å². The van der Waals surface area contributed by atoms with Crippen molar-refractivity contribution < 1.29 is 13.9 Å². The Hall–Kier alpha value is -2.58. The molecule has 0 amide bonds. The van der Waals surface area contributed by atoms with Gasteiger partial charge in [-0.05, 0) is 43.5 Å². The van der Waals surface area contributed by atoms with Crippen molar-refractivity contribution in [1.82, 2.24) is 14.8 Å². The van der Waals surface area contributed by atoms with Crippen LogP contribution in [0, 0.1) is 0 Å². The summed E-state index contributed by atoms with van der Waals surface area (Å²) in [6.07, 6.45) is 2.32. The molecule has 0 spiro atoms. The van der Waals surface area contributed by atoms with Gasteiger partial charge in [0, 0.05) is 27.1 Å². The zero-order chi connectivity index (χ0) is 22.1. The summed E-state index contributed by atoms with van der Waals surface area (Å²) in [5.41, 5.74) is 2.68. The Bertz CT molecular complexity index is 1260. The first kappa shape index (κ1) is 21.3. The number of halogens is 1. The van der Waals surface area contributed by atoms with Gasteiger partial charge in [-0.2, -0.15) is 0 Å². The highest BCUT2D eigenvalue weighted by Gasteiger charge is 2.31. The molecule has 2 heterocycles. The number of benzene rings is 2. The predicted octanol–water partition coefficient (Wildman–Crippen LogP) is 6.18. The normalized spacial score (nSPS) is 13.6. The van der Waals surface area contributed by atoms with Crippen LogP contribution in [0.25, 0.3) is 11.0 Å². The van der Waals surface area contributed by atoms with Gasteiger partial charge in [-0.15, -0.1) is 10.2 Å². The van der Waals surface area contributed by atoms with Crippen LogP contribution in [0.15, 0.2) is 62.6 Å². The second-order valence-corrected chi connectivity index (χ2v) is 9.60. The summed E-state index contributed by atoms with van der Waals surface area (Å²) >= 11 is 5.09. The molecule has 0 radical (unpaired) electrons. The number of furan rings is 1. The van der Waals surface area contributed by atoms with Gasteiger partial charge < -0.3 is 13.7 Å². The highest BCUT2D eigenvalue weighted by molar-refractivity contribution is 9.10. The maximum absolute atomic E-state index is 12.6. The van der Waals surface area contributed by atoms with E-state index in [2.05, 4.69) is 42.8 Å². The molecular weight excluding hydrogens is 490 g/mol. The van der Waals surface area contributed by atoms with Crippen molar-refractivity contribution in [2.45, 2.75) is 43.1 Å². The second-order valence-electron chi connectivity index (χ2n) is 7.75. The number of fused-ring (bicyclic) bond motifs is 1. The molecule has 0 N–H and O–H groups in total. The van der Waals surface area contributed by atoms with Crippen molar-refractivity contribution in [3.05, 3.63) is 75.7 Å². The summed E-state index contributed by atoms with van der Waals surface area (Å²) in [5, 5.41) is 10.7. The van der Waals surface area contributed by atoms with Crippen LogP contribution in [0.3, 0.4) is 0 Å². The minimum atomic E-state index is -0.445. The van der Waals surface area contributed by atoms with E-state index in [1.165, 1.54) is 5.56 Å². The maximum Gasteiger partial charge on any atom is 0.374 e. The van der Waals surface area contributed by atoms with Crippen LogP contribution >= 0.6 is 27.7 Å². The first-order valence-corrected chi connectivity index (χ1v) is 12.4. The third-order valence-corrected chi connectivity index (χ3v) is 6.92. The van der Waals surface area contributed by atoms with E-state index >= 15 is 0 Å². The van der Waals surface area contributed by atoms with Gasteiger partial charge in [0.25, 0.3) is 0 Å². The Morgan fingerprint density at radius 3 is 2.78 bits per heavy atom. The van der Waals surface area contributed by atoms with E-state index in [4.69, 9.17) is 9.15 Å². The van der Waals surface area contributed by atoms with E-state index in [1.807, 2.05) is 36.4 Å². The lowest BCUT2D eigenvalue weighted by Crippen LogP contribution is -2.07. The van der Waals surface area contributed by atoms with E-state index in [0.29, 0.717) is 23.9 Å². The fourth-order valence-electron chi connectivity index (χ4n) is 3.73. The Morgan fingerprint density at radius 2 is 2.03 bits per heavy atom. The highest BCUT2D eigenvalue weighted by Crippen LogP contribution is 2.41. The molecule has 0 atom stereocenters. The highest BCUT2D eigenvalue weighted by atomic mass is 79.9. The average Bonchev–Trinajstić information content (AvgIpc) is 3.47. The molecule has 0 saturated heterocycles. The van der Waals surface area contributed by atoms with Gasteiger partial charge in [-0.3, -0.25) is 0 Å². The van der Waals surface area contributed by atoms with Gasteiger partial charge in [-0.1, -0.05) is 58.0 Å². The largest absolute Gasteiger partial charge is 0.460 e. The molecule has 1 fully saturated rings. The lowest BCUT2D eigenvalue weighted by molar-refractivity contribution is 0.0491. The number of hydrogen-bond donors (Lipinski definition) is 0. The number of aromatic nitrogens is 3. The molecule has 32 heavy (non-hydrogen) atoms. The number of ether oxygens (including phenoxy) is 1. The van der Waals surface area contributed by atoms with Crippen LogP contribution in [0.1, 0.15) is 53.2 Å². The van der Waals surface area contributed by atoms with E-state index in [9.17, 15) is 4.79 Å². The molecule has 0 bridgehead atoms. The third kappa shape index (κ3) is 4.34. The van der Waals surface area contributed by atoms with Crippen molar-refractivity contribution >= 4 is 44.6 Å². The lowest BCUT2D eigenvalue weighted by Gasteiger charge is -2.10. The van der Waals surface area contributed by atoms with Crippen LogP contribution in [0.2, 0.25) is 0 Å². The molecule has 1 aliphatic rings. The van der Waals surface area contributed by atoms with Gasteiger partial charge in [0.05, 0.1) is 13.2 Å². The number of esters is 1. The molecule has 2 aromatic carbocycles. The first-order valence-electron chi connectivity index (χ1n) is 10.6. The summed E-state index contributed by atoms with van der Waals surface area (Å²) in [4.78, 5) is 12.6. The van der Waals surface area contributed by atoms with E-state index in [0.717, 1.165) is 45.8 Å². The number of nitrogens with zero attached hydrogens (tertiary/aromatic N) is 3. The quantitative estimate of drug-likeness (QED) is 0.207. The van der Waals surface area contributed by atoms with Crippen LogP contribution in [0.5, 0.6) is 0 Å². The summed E-state index contributed by atoms with van der Waals surface area (Å²) in [7, 11) is 0. The minimum Gasteiger partial charge on any atom is -0.460 e. The van der Waals surface area contributed by atoms with Gasteiger partial charge in [0.2, 0.25) is 5.76 Å². The maximum atomic E-state index is 12.6. The summed E-state index contributed by atoms with van der Waals surface area (Å²) < 4.78 is 14.3. The van der Waals surface area contributed by atoms with E-state index < -0.39 is 5.97 Å².